The molecule has 4 aromatic rings. The second kappa shape index (κ2) is 12.1. The van der Waals surface area contributed by atoms with Crippen LogP contribution >= 0.6 is 0 Å². The zero-order valence-corrected chi connectivity index (χ0v) is 20.1. The molecular formula is C27H27N3O6. The van der Waals surface area contributed by atoms with Gasteiger partial charge < -0.3 is 29.6 Å². The van der Waals surface area contributed by atoms with Crippen LogP contribution in [0.15, 0.2) is 79.0 Å². The van der Waals surface area contributed by atoms with E-state index < -0.39 is 11.9 Å². The highest BCUT2D eigenvalue weighted by Gasteiger charge is 2.10. The highest BCUT2D eigenvalue weighted by atomic mass is 16.5. The van der Waals surface area contributed by atoms with Crippen molar-refractivity contribution in [2.24, 2.45) is 7.05 Å². The Morgan fingerprint density at radius 1 is 0.833 bits per heavy atom. The van der Waals surface area contributed by atoms with Crippen molar-refractivity contribution in [1.29, 1.82) is 0 Å². The normalized spacial score (nSPS) is 10.1. The second-order valence-electron chi connectivity index (χ2n) is 7.62. The molecule has 1 aromatic heterocycles. The minimum absolute atomic E-state index is 0.637. The topological polar surface area (TPSA) is 123 Å². The zero-order valence-electron chi connectivity index (χ0n) is 20.1. The first-order valence-electron chi connectivity index (χ1n) is 10.9. The molecule has 4 rings (SSSR count). The molecule has 9 nitrogen and oxygen atoms in total. The molecule has 0 unspecified atom stereocenters. The lowest BCUT2D eigenvalue weighted by atomic mass is 10.0. The third kappa shape index (κ3) is 6.41. The van der Waals surface area contributed by atoms with Crippen molar-refractivity contribution < 1.29 is 29.3 Å². The van der Waals surface area contributed by atoms with E-state index >= 15 is 0 Å². The van der Waals surface area contributed by atoms with Gasteiger partial charge in [-0.3, -0.25) is 0 Å². The van der Waals surface area contributed by atoms with Crippen LogP contribution in [0.2, 0.25) is 0 Å². The number of methoxy groups -OCH3 is 2. The molecule has 0 saturated carbocycles. The van der Waals surface area contributed by atoms with E-state index in [1.54, 1.807) is 14.2 Å². The van der Waals surface area contributed by atoms with Crippen LogP contribution in [0.3, 0.4) is 0 Å². The predicted molar refractivity (Wildman–Crippen MR) is 136 cm³/mol. The van der Waals surface area contributed by atoms with E-state index in [0.717, 1.165) is 34.3 Å². The van der Waals surface area contributed by atoms with Crippen LogP contribution in [0.25, 0.3) is 22.4 Å². The number of carboxylic acid groups (broad SMARTS) is 2. The quantitative estimate of drug-likeness (QED) is 0.324. The van der Waals surface area contributed by atoms with Gasteiger partial charge in [0.15, 0.2) is 11.5 Å². The van der Waals surface area contributed by atoms with Gasteiger partial charge in [-0.05, 0) is 34.4 Å². The number of aromatic nitrogens is 2. The van der Waals surface area contributed by atoms with Crippen molar-refractivity contribution in [3.05, 3.63) is 84.6 Å². The number of carbonyl (C=O) groups is 2. The van der Waals surface area contributed by atoms with Gasteiger partial charge in [0.25, 0.3) is 0 Å². The minimum atomic E-state index is -1.82. The molecule has 0 atom stereocenters. The SMILES string of the molecule is COc1ccc(CNc2ncc(-c3ccc(-c4ccccc4)cc3)n2C)cc1OC.O=C(O)C(=O)O. The number of rotatable bonds is 7. The molecule has 0 saturated heterocycles. The molecule has 0 aliphatic heterocycles. The number of hydrogen-bond donors (Lipinski definition) is 3. The van der Waals surface area contributed by atoms with Gasteiger partial charge in [0.1, 0.15) is 0 Å². The first-order valence-corrected chi connectivity index (χ1v) is 10.9. The molecule has 0 fully saturated rings. The Labute approximate surface area is 208 Å². The van der Waals surface area contributed by atoms with Crippen molar-refractivity contribution in [3.8, 4) is 33.9 Å². The first kappa shape index (κ1) is 25.8. The maximum atomic E-state index is 9.10. The van der Waals surface area contributed by atoms with Gasteiger partial charge in [0.2, 0.25) is 5.95 Å². The van der Waals surface area contributed by atoms with E-state index in [4.69, 9.17) is 29.3 Å². The molecule has 3 aromatic carbocycles. The van der Waals surface area contributed by atoms with Crippen LogP contribution in [0, 0.1) is 0 Å². The van der Waals surface area contributed by atoms with Crippen molar-refractivity contribution >= 4 is 17.9 Å². The summed E-state index contributed by atoms with van der Waals surface area (Å²) >= 11 is 0. The van der Waals surface area contributed by atoms with Crippen LogP contribution in [0.1, 0.15) is 5.56 Å². The van der Waals surface area contributed by atoms with E-state index in [1.165, 1.54) is 11.1 Å². The summed E-state index contributed by atoms with van der Waals surface area (Å²) in [7, 11) is 5.30. The predicted octanol–water partition coefficient (Wildman–Crippen LogP) is 4.54. The van der Waals surface area contributed by atoms with Crippen LogP contribution in [0.5, 0.6) is 11.5 Å². The van der Waals surface area contributed by atoms with Gasteiger partial charge >= 0.3 is 11.9 Å². The minimum Gasteiger partial charge on any atom is -0.493 e. The molecule has 186 valence electrons. The Morgan fingerprint density at radius 2 is 1.42 bits per heavy atom. The smallest absolute Gasteiger partial charge is 0.414 e. The summed E-state index contributed by atoms with van der Waals surface area (Å²) in [6.45, 7) is 0.637. The van der Waals surface area contributed by atoms with Gasteiger partial charge in [0.05, 0.1) is 26.1 Å². The van der Waals surface area contributed by atoms with Crippen molar-refractivity contribution in [1.82, 2.24) is 9.55 Å². The first-order chi connectivity index (χ1) is 17.3. The summed E-state index contributed by atoms with van der Waals surface area (Å²) in [5, 5.41) is 18.2. The number of anilines is 1. The highest BCUT2D eigenvalue weighted by molar-refractivity contribution is 6.27. The monoisotopic (exact) mass is 489 g/mol. The number of aliphatic carboxylic acids is 2. The molecule has 36 heavy (non-hydrogen) atoms. The van der Waals surface area contributed by atoms with E-state index in [9.17, 15) is 0 Å². The van der Waals surface area contributed by atoms with Gasteiger partial charge in [-0.2, -0.15) is 0 Å². The third-order valence-electron chi connectivity index (χ3n) is 5.36. The average molecular weight is 490 g/mol. The number of hydrogen-bond acceptors (Lipinski definition) is 6. The maximum absolute atomic E-state index is 9.10. The highest BCUT2D eigenvalue weighted by Crippen LogP contribution is 2.29. The fourth-order valence-electron chi connectivity index (χ4n) is 3.48. The Hall–Kier alpha value is -4.79. The fraction of sp³-hybridized carbons (Fsp3) is 0.148. The fourth-order valence-corrected chi connectivity index (χ4v) is 3.48. The molecule has 9 heteroatoms. The lowest BCUT2D eigenvalue weighted by Gasteiger charge is -2.11. The van der Waals surface area contributed by atoms with E-state index in [-0.39, 0.29) is 0 Å². The van der Waals surface area contributed by atoms with Gasteiger partial charge in [-0.15, -0.1) is 0 Å². The van der Waals surface area contributed by atoms with Gasteiger partial charge in [0, 0.05) is 13.6 Å². The van der Waals surface area contributed by atoms with Crippen molar-refractivity contribution in [2.75, 3.05) is 19.5 Å². The Balaban J connectivity index is 0.000000538. The summed E-state index contributed by atoms with van der Waals surface area (Å²) < 4.78 is 12.8. The van der Waals surface area contributed by atoms with Crippen LogP contribution in [0.4, 0.5) is 5.95 Å². The molecule has 0 bridgehead atoms. The molecule has 1 heterocycles. The number of imidazole rings is 1. The van der Waals surface area contributed by atoms with E-state index in [1.807, 2.05) is 37.5 Å². The molecule has 0 amide bonds. The largest absolute Gasteiger partial charge is 0.493 e. The van der Waals surface area contributed by atoms with Crippen LogP contribution in [-0.2, 0) is 23.2 Å². The van der Waals surface area contributed by atoms with Gasteiger partial charge in [-0.25, -0.2) is 14.6 Å². The zero-order chi connectivity index (χ0) is 26.1. The summed E-state index contributed by atoms with van der Waals surface area (Å²) in [6, 6.07) is 24.8. The summed E-state index contributed by atoms with van der Waals surface area (Å²) in [6.07, 6.45) is 1.90. The van der Waals surface area contributed by atoms with Crippen molar-refractivity contribution in [3.63, 3.8) is 0 Å². The van der Waals surface area contributed by atoms with Gasteiger partial charge in [-0.1, -0.05) is 60.7 Å². The van der Waals surface area contributed by atoms with Crippen LogP contribution < -0.4 is 14.8 Å². The molecule has 3 N–H and O–H groups in total. The number of nitrogens with zero attached hydrogens (tertiary/aromatic N) is 2. The number of ether oxygens (including phenoxy) is 2. The summed E-state index contributed by atoms with van der Waals surface area (Å²) in [4.78, 5) is 22.8. The van der Waals surface area contributed by atoms with Crippen LogP contribution in [-0.4, -0.2) is 45.9 Å². The third-order valence-corrected chi connectivity index (χ3v) is 5.36. The standard InChI is InChI=1S/C25H25N3O2.C2H2O4/c1-28-22(21-12-10-20(11-13-21)19-7-5-4-6-8-19)17-27-25(28)26-16-18-9-14-23(29-2)24(15-18)30-3;3-1(4)2(5)6/h4-15,17H,16H2,1-3H3,(H,26,27);(H,3,4)(H,5,6). The second-order valence-corrected chi connectivity index (χ2v) is 7.62. The summed E-state index contributed by atoms with van der Waals surface area (Å²) in [5.74, 6) is -1.40. The Bertz CT molecular complexity index is 1310. The molecule has 0 spiro atoms. The number of carboxylic acids is 2. The molecule has 0 aliphatic carbocycles. The van der Waals surface area contributed by atoms with E-state index in [0.29, 0.717) is 6.54 Å². The maximum Gasteiger partial charge on any atom is 0.414 e. The molecule has 0 radical (unpaired) electrons. The molecule has 0 aliphatic rings. The number of benzene rings is 3. The Morgan fingerprint density at radius 3 is 2.00 bits per heavy atom. The van der Waals surface area contributed by atoms with E-state index in [2.05, 4.69) is 63.4 Å². The number of nitrogens with one attached hydrogen (secondary N) is 1. The molecular weight excluding hydrogens is 462 g/mol. The lowest BCUT2D eigenvalue weighted by Crippen LogP contribution is -2.09. The average Bonchev–Trinajstić information content (AvgIpc) is 3.28. The Kier molecular flexibility index (Phi) is 8.66. The summed E-state index contributed by atoms with van der Waals surface area (Å²) in [5.41, 5.74) is 5.69. The van der Waals surface area contributed by atoms with Crippen molar-refractivity contribution in [2.45, 2.75) is 6.54 Å². The lowest BCUT2D eigenvalue weighted by molar-refractivity contribution is -0.159.